The lowest BCUT2D eigenvalue weighted by atomic mass is 10.0. The van der Waals surface area contributed by atoms with E-state index in [1.165, 1.54) is 30.9 Å². The van der Waals surface area contributed by atoms with Gasteiger partial charge in [-0.15, -0.1) is 11.3 Å². The van der Waals surface area contributed by atoms with Crippen LogP contribution in [0.15, 0.2) is 23.6 Å². The quantitative estimate of drug-likeness (QED) is 0.454. The maximum Gasteiger partial charge on any atom is 0.339 e. The van der Waals surface area contributed by atoms with Gasteiger partial charge in [-0.1, -0.05) is 23.8 Å². The Hall–Kier alpha value is -3.26. The second kappa shape index (κ2) is 8.62. The number of ketones is 1. The molecular formula is C22H23N3O4S. The molecule has 1 aromatic carbocycles. The van der Waals surface area contributed by atoms with Gasteiger partial charge in [0.15, 0.2) is 10.9 Å². The van der Waals surface area contributed by atoms with Gasteiger partial charge in [-0.05, 0) is 31.9 Å². The number of hydrogen-bond acceptors (Lipinski definition) is 6. The highest BCUT2D eigenvalue weighted by Crippen LogP contribution is 2.28. The molecule has 3 aromatic rings. The van der Waals surface area contributed by atoms with E-state index in [0.717, 1.165) is 16.8 Å². The molecule has 156 valence electrons. The Morgan fingerprint density at radius 1 is 1.20 bits per heavy atom. The van der Waals surface area contributed by atoms with Crippen LogP contribution in [0, 0.1) is 20.8 Å². The molecule has 0 saturated heterocycles. The second-order valence-corrected chi connectivity index (χ2v) is 7.97. The van der Waals surface area contributed by atoms with E-state index in [-0.39, 0.29) is 23.7 Å². The number of thiazole rings is 1. The number of nitrogens with one attached hydrogen (secondary N) is 2. The average Bonchev–Trinajstić information content (AvgIpc) is 3.25. The Bertz CT molecular complexity index is 1140. The lowest BCUT2D eigenvalue weighted by molar-refractivity contribution is -0.115. The van der Waals surface area contributed by atoms with E-state index in [4.69, 9.17) is 4.74 Å². The third kappa shape index (κ3) is 4.33. The molecule has 7 nitrogen and oxygen atoms in total. The fourth-order valence-electron chi connectivity index (χ4n) is 3.40. The third-order valence-electron chi connectivity index (χ3n) is 4.81. The van der Waals surface area contributed by atoms with E-state index >= 15 is 0 Å². The van der Waals surface area contributed by atoms with Crippen molar-refractivity contribution in [3.8, 4) is 11.3 Å². The van der Waals surface area contributed by atoms with Gasteiger partial charge in [0.25, 0.3) is 0 Å². The second-order valence-electron chi connectivity index (χ2n) is 7.11. The molecular weight excluding hydrogens is 402 g/mol. The summed E-state index contributed by atoms with van der Waals surface area (Å²) in [6.07, 6.45) is -0.114. The Morgan fingerprint density at radius 3 is 2.57 bits per heavy atom. The molecule has 8 heteroatoms. The van der Waals surface area contributed by atoms with Gasteiger partial charge in [0, 0.05) is 23.6 Å². The number of H-pyrrole nitrogens is 1. The summed E-state index contributed by atoms with van der Waals surface area (Å²) in [4.78, 5) is 44.0. The summed E-state index contributed by atoms with van der Waals surface area (Å²) < 4.78 is 4.81. The Kier molecular flexibility index (Phi) is 6.17. The van der Waals surface area contributed by atoms with E-state index in [9.17, 15) is 14.4 Å². The van der Waals surface area contributed by atoms with Gasteiger partial charge in [-0.3, -0.25) is 9.59 Å². The number of amides is 1. The van der Waals surface area contributed by atoms with Crippen molar-refractivity contribution in [3.05, 3.63) is 57.2 Å². The van der Waals surface area contributed by atoms with E-state index in [2.05, 4.69) is 21.4 Å². The largest absolute Gasteiger partial charge is 0.465 e. The number of ether oxygens (including phenoxy) is 1. The summed E-state index contributed by atoms with van der Waals surface area (Å²) >= 11 is 1.33. The number of anilines is 1. The molecule has 0 unspecified atom stereocenters. The summed E-state index contributed by atoms with van der Waals surface area (Å²) in [6, 6.07) is 6.12. The monoisotopic (exact) mass is 425 g/mol. The minimum Gasteiger partial charge on any atom is -0.465 e. The topological polar surface area (TPSA) is 101 Å². The van der Waals surface area contributed by atoms with Gasteiger partial charge in [-0.25, -0.2) is 9.78 Å². The van der Waals surface area contributed by atoms with Gasteiger partial charge >= 0.3 is 5.97 Å². The molecule has 0 bridgehead atoms. The first-order valence-corrected chi connectivity index (χ1v) is 10.2. The predicted octanol–water partition coefficient (Wildman–Crippen LogP) is 4.23. The number of hydrogen-bond donors (Lipinski definition) is 2. The van der Waals surface area contributed by atoms with Crippen molar-refractivity contribution in [2.75, 3.05) is 12.4 Å². The highest BCUT2D eigenvalue weighted by molar-refractivity contribution is 7.14. The van der Waals surface area contributed by atoms with Crippen LogP contribution in [-0.2, 0) is 16.0 Å². The van der Waals surface area contributed by atoms with Gasteiger partial charge in [0.2, 0.25) is 5.91 Å². The van der Waals surface area contributed by atoms with Gasteiger partial charge < -0.3 is 15.0 Å². The normalized spacial score (nSPS) is 10.7. The number of Topliss-reactive ketones (excluding diaryl/α,β-unsaturated/α-hetero) is 1. The summed E-state index contributed by atoms with van der Waals surface area (Å²) in [5.41, 5.74) is 5.41. The molecule has 0 fully saturated rings. The predicted molar refractivity (Wildman–Crippen MR) is 116 cm³/mol. The minimum atomic E-state index is -0.592. The molecule has 0 aliphatic carbocycles. The van der Waals surface area contributed by atoms with Crippen LogP contribution in [0.1, 0.15) is 50.2 Å². The number of aromatic amines is 1. The summed E-state index contributed by atoms with van der Waals surface area (Å²) in [5, 5.41) is 5.12. The highest BCUT2D eigenvalue weighted by Gasteiger charge is 2.24. The molecule has 2 N–H and O–H groups in total. The molecule has 1 amide bonds. The molecule has 2 heterocycles. The third-order valence-corrected chi connectivity index (χ3v) is 5.57. The number of aromatic nitrogens is 2. The fourth-order valence-corrected chi connectivity index (χ4v) is 4.13. The summed E-state index contributed by atoms with van der Waals surface area (Å²) in [7, 11) is 1.26. The molecule has 0 atom stereocenters. The highest BCUT2D eigenvalue weighted by atomic mass is 32.1. The van der Waals surface area contributed by atoms with Crippen molar-refractivity contribution in [2.45, 2.75) is 34.1 Å². The van der Waals surface area contributed by atoms with E-state index in [1.54, 1.807) is 6.92 Å². The van der Waals surface area contributed by atoms with Crippen LogP contribution in [-0.4, -0.2) is 34.7 Å². The van der Waals surface area contributed by atoms with E-state index in [0.29, 0.717) is 22.1 Å². The van der Waals surface area contributed by atoms with Crippen LogP contribution in [0.5, 0.6) is 0 Å². The van der Waals surface area contributed by atoms with Crippen molar-refractivity contribution in [2.24, 2.45) is 0 Å². The van der Waals surface area contributed by atoms with Gasteiger partial charge in [-0.2, -0.15) is 0 Å². The van der Waals surface area contributed by atoms with Crippen LogP contribution in [0.2, 0.25) is 0 Å². The number of carbonyl (C=O) groups is 3. The molecule has 2 aromatic heterocycles. The van der Waals surface area contributed by atoms with Crippen LogP contribution < -0.4 is 5.32 Å². The molecule has 30 heavy (non-hydrogen) atoms. The van der Waals surface area contributed by atoms with Crippen LogP contribution in [0.3, 0.4) is 0 Å². The average molecular weight is 426 g/mol. The number of carbonyl (C=O) groups excluding carboxylic acids is 3. The van der Waals surface area contributed by atoms with Crippen molar-refractivity contribution in [1.29, 1.82) is 0 Å². The van der Waals surface area contributed by atoms with E-state index in [1.807, 2.05) is 31.4 Å². The lowest BCUT2D eigenvalue weighted by Gasteiger charge is -2.05. The SMILES string of the molecule is COC(=O)c1c(CC(=O)Nc2nc(-c3ccc(C)cc3C)cs2)[nH]c(C(C)=O)c1C. The maximum atomic E-state index is 12.6. The Morgan fingerprint density at radius 2 is 1.93 bits per heavy atom. The zero-order valence-corrected chi connectivity index (χ0v) is 18.3. The maximum absolute atomic E-state index is 12.6. The number of aryl methyl sites for hydroxylation is 2. The Balaban J connectivity index is 1.80. The smallest absolute Gasteiger partial charge is 0.339 e. The van der Waals surface area contributed by atoms with E-state index < -0.39 is 5.97 Å². The first-order chi connectivity index (χ1) is 14.2. The fraction of sp³-hybridized carbons (Fsp3) is 0.273. The lowest BCUT2D eigenvalue weighted by Crippen LogP contribution is -2.17. The zero-order chi connectivity index (χ0) is 22.0. The first-order valence-electron chi connectivity index (χ1n) is 9.35. The van der Waals surface area contributed by atoms with Crippen molar-refractivity contribution >= 4 is 34.1 Å². The summed E-state index contributed by atoms with van der Waals surface area (Å²) in [5.74, 6) is -1.16. The zero-order valence-electron chi connectivity index (χ0n) is 17.5. The first kappa shape index (κ1) is 21.4. The molecule has 0 saturated carbocycles. The molecule has 0 spiro atoms. The van der Waals surface area contributed by atoms with Gasteiger partial charge in [0.05, 0.1) is 30.5 Å². The number of methoxy groups -OCH3 is 1. The van der Waals surface area contributed by atoms with Crippen LogP contribution >= 0.6 is 11.3 Å². The van der Waals surface area contributed by atoms with Crippen LogP contribution in [0.25, 0.3) is 11.3 Å². The standard InChI is InChI=1S/C22H23N3O4S/c1-11-6-7-15(12(2)8-11)17-10-30-22(24-17)25-18(27)9-16-19(21(28)29-5)13(3)20(23-16)14(4)26/h6-8,10,23H,9H2,1-5H3,(H,24,25,27). The molecule has 3 rings (SSSR count). The minimum absolute atomic E-state index is 0.114. The number of benzene rings is 1. The van der Waals surface area contributed by atoms with Crippen LogP contribution in [0.4, 0.5) is 5.13 Å². The molecule has 0 aliphatic heterocycles. The van der Waals surface area contributed by atoms with Crippen molar-refractivity contribution in [1.82, 2.24) is 9.97 Å². The van der Waals surface area contributed by atoms with Gasteiger partial charge in [0.1, 0.15) is 0 Å². The van der Waals surface area contributed by atoms with Crippen molar-refractivity contribution in [3.63, 3.8) is 0 Å². The number of rotatable bonds is 6. The molecule has 0 aliphatic rings. The Labute approximate surface area is 178 Å². The van der Waals surface area contributed by atoms with Crippen molar-refractivity contribution < 1.29 is 19.1 Å². The number of esters is 1. The number of nitrogens with zero attached hydrogens (tertiary/aromatic N) is 1. The summed E-state index contributed by atoms with van der Waals surface area (Å²) in [6.45, 7) is 7.10. The molecule has 0 radical (unpaired) electrons.